The van der Waals surface area contributed by atoms with Crippen LogP contribution in [0.4, 0.5) is 0 Å². The van der Waals surface area contributed by atoms with Crippen LogP contribution in [0, 0.1) is 0 Å². The molecule has 1 atom stereocenters. The number of nitrogens with one attached hydrogen (secondary N) is 1. The monoisotopic (exact) mass is 404 g/mol. The van der Waals surface area contributed by atoms with Gasteiger partial charge < -0.3 is 14.9 Å². The lowest BCUT2D eigenvalue weighted by molar-refractivity contribution is 0.0670. The molecule has 2 aliphatic rings. The number of nitrogens with zero attached hydrogens (tertiary/aromatic N) is 5. The number of hydrogen-bond acceptors (Lipinski definition) is 7. The van der Waals surface area contributed by atoms with E-state index in [1.54, 1.807) is 9.80 Å². The summed E-state index contributed by atoms with van der Waals surface area (Å²) in [7, 11) is 0. The highest BCUT2D eigenvalue weighted by atomic mass is 32.1. The zero-order chi connectivity index (χ0) is 19.7. The molecule has 0 aliphatic carbocycles. The molecule has 10 heteroatoms. The summed E-state index contributed by atoms with van der Waals surface area (Å²) < 4.78 is 3.94. The fourth-order valence-corrected chi connectivity index (χ4v) is 4.69. The van der Waals surface area contributed by atoms with Crippen molar-refractivity contribution in [3.63, 3.8) is 0 Å². The Balaban J connectivity index is 1.51. The van der Waals surface area contributed by atoms with Gasteiger partial charge in [-0.1, -0.05) is 17.8 Å². The van der Waals surface area contributed by atoms with Crippen LogP contribution in [0.3, 0.4) is 0 Å². The molecule has 0 bridgehead atoms. The van der Waals surface area contributed by atoms with Gasteiger partial charge in [0, 0.05) is 18.7 Å². The summed E-state index contributed by atoms with van der Waals surface area (Å²) in [5.74, 6) is -0.197. The van der Waals surface area contributed by atoms with Gasteiger partial charge in [-0.05, 0) is 37.2 Å². The Labute approximate surface area is 166 Å². The van der Waals surface area contributed by atoms with Crippen molar-refractivity contribution in [1.82, 2.24) is 29.6 Å². The van der Waals surface area contributed by atoms with E-state index in [9.17, 15) is 14.7 Å². The van der Waals surface area contributed by atoms with Crippen LogP contribution in [0.5, 0.6) is 0 Å². The number of aliphatic hydroxyl groups excluding tert-OH is 1. The molecule has 2 aromatic rings. The maximum atomic E-state index is 12.9. The molecule has 0 aromatic carbocycles. The fraction of sp³-hybridized carbons (Fsp3) is 0.611. The van der Waals surface area contributed by atoms with Crippen LogP contribution in [0.1, 0.15) is 63.3 Å². The van der Waals surface area contributed by atoms with Gasteiger partial charge in [-0.25, -0.2) is 0 Å². The van der Waals surface area contributed by atoms with Gasteiger partial charge in [0.25, 0.3) is 11.8 Å². The molecule has 4 rings (SSSR count). The predicted molar refractivity (Wildman–Crippen MR) is 102 cm³/mol. The van der Waals surface area contributed by atoms with Crippen LogP contribution in [-0.2, 0) is 19.4 Å². The van der Waals surface area contributed by atoms with E-state index in [0.29, 0.717) is 36.6 Å². The zero-order valence-electron chi connectivity index (χ0n) is 15.8. The van der Waals surface area contributed by atoms with Gasteiger partial charge in [-0.2, -0.15) is 5.10 Å². The lowest BCUT2D eigenvalue weighted by atomic mass is 10.0. The molecule has 2 amide bonds. The zero-order valence-corrected chi connectivity index (χ0v) is 16.7. The molecule has 2 aliphatic heterocycles. The average Bonchev–Trinajstić information content (AvgIpc) is 3.45. The number of hydrogen-bond donors (Lipinski definition) is 2. The highest BCUT2D eigenvalue weighted by Gasteiger charge is 2.34. The number of amides is 2. The first-order chi connectivity index (χ1) is 13.6. The normalized spacial score (nSPS) is 19.1. The standard InChI is InChI=1S/C18H24N6O3S/c1-2-4-13-16(28-22-20-13)18(27)23-8-6-12-14(9-23)19-21-15(12)17(26)24-7-3-5-11(24)10-25/h11,25H,2-10H2,1H3,(H,19,21)/t11-/m0/s1. The summed E-state index contributed by atoms with van der Waals surface area (Å²) >= 11 is 1.14. The SMILES string of the molecule is CCCc1nnsc1C(=O)N1CCc2c(C(=O)N3CCC[C@H]3CO)n[nH]c2C1. The van der Waals surface area contributed by atoms with Crippen molar-refractivity contribution in [3.8, 4) is 0 Å². The van der Waals surface area contributed by atoms with Gasteiger partial charge in [-0.3, -0.25) is 14.7 Å². The highest BCUT2D eigenvalue weighted by Crippen LogP contribution is 2.26. The minimum Gasteiger partial charge on any atom is -0.394 e. The number of aromatic nitrogens is 4. The molecule has 0 spiro atoms. The number of fused-ring (bicyclic) bond motifs is 1. The predicted octanol–water partition coefficient (Wildman–Crippen LogP) is 1.01. The first-order valence-corrected chi connectivity index (χ1v) is 10.5. The van der Waals surface area contributed by atoms with Crippen molar-refractivity contribution in [2.45, 2.75) is 51.6 Å². The smallest absolute Gasteiger partial charge is 0.274 e. The van der Waals surface area contributed by atoms with Crippen LogP contribution in [0.2, 0.25) is 0 Å². The van der Waals surface area contributed by atoms with Gasteiger partial charge in [0.1, 0.15) is 4.88 Å². The number of H-pyrrole nitrogens is 1. The number of carbonyl (C=O) groups excluding carboxylic acids is 2. The molecule has 9 nitrogen and oxygen atoms in total. The Hall–Kier alpha value is -2.33. The van der Waals surface area contributed by atoms with Crippen molar-refractivity contribution in [2.24, 2.45) is 0 Å². The number of aromatic amines is 1. The van der Waals surface area contributed by atoms with Crippen LogP contribution in [0.25, 0.3) is 0 Å². The molecule has 2 aromatic heterocycles. The third-order valence-electron chi connectivity index (χ3n) is 5.51. The van der Waals surface area contributed by atoms with Crippen molar-refractivity contribution in [2.75, 3.05) is 19.7 Å². The molecular formula is C18H24N6O3S. The minimum absolute atomic E-state index is 0.0242. The number of aryl methyl sites for hydroxylation is 1. The lowest BCUT2D eigenvalue weighted by Gasteiger charge is -2.27. The van der Waals surface area contributed by atoms with Crippen LogP contribution < -0.4 is 0 Å². The van der Waals surface area contributed by atoms with E-state index >= 15 is 0 Å². The Bertz CT molecular complexity index is 879. The minimum atomic E-state index is -0.134. The number of rotatable bonds is 5. The molecule has 2 N–H and O–H groups in total. The van der Waals surface area contributed by atoms with E-state index in [4.69, 9.17) is 0 Å². The summed E-state index contributed by atoms with van der Waals surface area (Å²) in [6.07, 6.45) is 3.94. The summed E-state index contributed by atoms with van der Waals surface area (Å²) in [5, 5.41) is 20.8. The first-order valence-electron chi connectivity index (χ1n) is 9.72. The molecule has 150 valence electrons. The Morgan fingerprint density at radius 3 is 2.96 bits per heavy atom. The maximum Gasteiger partial charge on any atom is 0.274 e. The second-order valence-electron chi connectivity index (χ2n) is 7.28. The van der Waals surface area contributed by atoms with Crippen LogP contribution >= 0.6 is 11.5 Å². The lowest BCUT2D eigenvalue weighted by Crippen LogP contribution is -2.39. The molecule has 1 saturated heterocycles. The van der Waals surface area contributed by atoms with Crippen molar-refractivity contribution in [1.29, 1.82) is 0 Å². The van der Waals surface area contributed by atoms with Gasteiger partial charge in [0.2, 0.25) is 0 Å². The molecule has 4 heterocycles. The van der Waals surface area contributed by atoms with E-state index in [1.807, 2.05) is 6.92 Å². The maximum absolute atomic E-state index is 12.9. The number of carbonyl (C=O) groups is 2. The molecule has 0 unspecified atom stereocenters. The molecule has 28 heavy (non-hydrogen) atoms. The second kappa shape index (κ2) is 7.96. The van der Waals surface area contributed by atoms with E-state index in [1.165, 1.54) is 0 Å². The van der Waals surface area contributed by atoms with Crippen LogP contribution in [0.15, 0.2) is 0 Å². The van der Waals surface area contributed by atoms with E-state index < -0.39 is 0 Å². The molecular weight excluding hydrogens is 380 g/mol. The average molecular weight is 404 g/mol. The first kappa shape index (κ1) is 19.0. The third-order valence-corrected chi connectivity index (χ3v) is 6.26. The molecule has 0 radical (unpaired) electrons. The van der Waals surface area contributed by atoms with Gasteiger partial charge in [0.05, 0.1) is 30.6 Å². The third kappa shape index (κ3) is 3.30. The van der Waals surface area contributed by atoms with Gasteiger partial charge >= 0.3 is 0 Å². The fourth-order valence-electron chi connectivity index (χ4n) is 4.01. The summed E-state index contributed by atoms with van der Waals surface area (Å²) in [5.41, 5.74) is 2.87. The Morgan fingerprint density at radius 1 is 1.32 bits per heavy atom. The van der Waals surface area contributed by atoms with Gasteiger partial charge in [0.15, 0.2) is 5.69 Å². The van der Waals surface area contributed by atoms with Crippen LogP contribution in [-0.4, -0.2) is 72.2 Å². The number of likely N-dealkylation sites (tertiary alicyclic amines) is 1. The molecule has 1 fully saturated rings. The van der Waals surface area contributed by atoms with Crippen molar-refractivity contribution >= 4 is 23.3 Å². The summed E-state index contributed by atoms with van der Waals surface area (Å²) in [4.78, 5) is 29.9. The van der Waals surface area contributed by atoms with Crippen molar-refractivity contribution < 1.29 is 14.7 Å². The quantitative estimate of drug-likeness (QED) is 0.768. The van der Waals surface area contributed by atoms with E-state index in [-0.39, 0.29) is 24.5 Å². The summed E-state index contributed by atoms with van der Waals surface area (Å²) in [6, 6.07) is -0.127. The Morgan fingerprint density at radius 2 is 2.18 bits per heavy atom. The largest absolute Gasteiger partial charge is 0.394 e. The van der Waals surface area contributed by atoms with Crippen molar-refractivity contribution in [3.05, 3.63) is 27.5 Å². The van der Waals surface area contributed by atoms with E-state index in [2.05, 4.69) is 19.8 Å². The molecule has 0 saturated carbocycles. The second-order valence-corrected chi connectivity index (χ2v) is 8.04. The van der Waals surface area contributed by atoms with E-state index in [0.717, 1.165) is 54.2 Å². The topological polar surface area (TPSA) is 115 Å². The number of aliphatic hydroxyl groups is 1. The highest BCUT2D eigenvalue weighted by molar-refractivity contribution is 7.08. The Kier molecular flexibility index (Phi) is 5.40. The summed E-state index contributed by atoms with van der Waals surface area (Å²) in [6.45, 7) is 3.59. The van der Waals surface area contributed by atoms with Gasteiger partial charge in [-0.15, -0.1) is 5.10 Å².